The molecule has 2 nitrogen and oxygen atoms in total. The van der Waals surface area contributed by atoms with Crippen LogP contribution >= 0.6 is 0 Å². The van der Waals surface area contributed by atoms with E-state index in [4.69, 9.17) is 0 Å². The number of nitrogens with one attached hydrogen (secondary N) is 1. The monoisotopic (exact) mass is 304 g/mol. The van der Waals surface area contributed by atoms with Crippen LogP contribution in [0.2, 0.25) is 0 Å². The van der Waals surface area contributed by atoms with Gasteiger partial charge in [0.15, 0.2) is 0 Å². The Hall–Kier alpha value is -2.35. The highest BCUT2D eigenvalue weighted by atomic mass is 15.0. The first kappa shape index (κ1) is 15.5. The van der Waals surface area contributed by atoms with Gasteiger partial charge in [-0.2, -0.15) is 0 Å². The van der Waals surface area contributed by atoms with Gasteiger partial charge in [0, 0.05) is 11.9 Å². The second-order valence-corrected chi connectivity index (χ2v) is 6.34. The maximum atomic E-state index is 4.44. The van der Waals surface area contributed by atoms with Crippen LogP contribution in [0.25, 0.3) is 0 Å². The van der Waals surface area contributed by atoms with Gasteiger partial charge in [0.05, 0.1) is 0 Å². The number of hydrogen-bond acceptors (Lipinski definition) is 2. The van der Waals surface area contributed by atoms with Gasteiger partial charge in [-0.05, 0) is 67.0 Å². The van der Waals surface area contributed by atoms with E-state index >= 15 is 0 Å². The highest BCUT2D eigenvalue weighted by Gasteiger charge is 2.06. The lowest BCUT2D eigenvalue weighted by Crippen LogP contribution is -2.00. The van der Waals surface area contributed by atoms with E-state index in [-0.39, 0.29) is 0 Å². The van der Waals surface area contributed by atoms with E-state index in [1.54, 1.807) is 0 Å². The largest absolute Gasteiger partial charge is 0.340 e. The molecule has 0 aliphatic carbocycles. The molecule has 4 bridgehead atoms. The fraction of sp³-hybridized carbons (Fsp3) is 0.286. The Balaban J connectivity index is 1.94. The van der Waals surface area contributed by atoms with Crippen LogP contribution in [0.3, 0.4) is 0 Å². The molecule has 1 aromatic heterocycles. The summed E-state index contributed by atoms with van der Waals surface area (Å²) in [5, 5.41) is 3.43. The standard InChI is InChI=1S/C21H24N2/c1-3-17-9-10-19-11-12-22-21(15-19)23-20-6-4-5-18(14-20)8-7-16(2)13-17/h3-6,11-16H,1,7-10H2,2H3,(H,22,23). The summed E-state index contributed by atoms with van der Waals surface area (Å²) in [7, 11) is 0. The third-order valence-electron chi connectivity index (χ3n) is 4.38. The van der Waals surface area contributed by atoms with E-state index in [0.717, 1.165) is 37.2 Å². The number of fused-ring (bicyclic) bond motifs is 4. The average Bonchev–Trinajstić information content (AvgIpc) is 2.57. The van der Waals surface area contributed by atoms with E-state index in [9.17, 15) is 0 Å². The van der Waals surface area contributed by atoms with Gasteiger partial charge in [0.25, 0.3) is 0 Å². The van der Waals surface area contributed by atoms with Crippen LogP contribution in [-0.2, 0) is 12.8 Å². The van der Waals surface area contributed by atoms with E-state index in [1.165, 1.54) is 16.7 Å². The van der Waals surface area contributed by atoms with Gasteiger partial charge < -0.3 is 5.32 Å². The highest BCUT2D eigenvalue weighted by Crippen LogP contribution is 2.22. The molecule has 0 fully saturated rings. The molecule has 118 valence electrons. The molecule has 1 aromatic carbocycles. The number of anilines is 2. The van der Waals surface area contributed by atoms with Gasteiger partial charge in [-0.15, -0.1) is 0 Å². The van der Waals surface area contributed by atoms with Gasteiger partial charge in [-0.3, -0.25) is 0 Å². The lowest BCUT2D eigenvalue weighted by Gasteiger charge is -2.13. The summed E-state index contributed by atoms with van der Waals surface area (Å²) in [6, 6.07) is 12.9. The third-order valence-corrected chi connectivity index (χ3v) is 4.38. The molecule has 0 spiro atoms. The minimum absolute atomic E-state index is 0.565. The molecule has 1 N–H and O–H groups in total. The fourth-order valence-electron chi connectivity index (χ4n) is 3.04. The Morgan fingerprint density at radius 1 is 1.13 bits per heavy atom. The minimum atomic E-state index is 0.565. The molecule has 2 aromatic rings. The number of benzene rings is 1. The fourth-order valence-corrected chi connectivity index (χ4v) is 3.04. The van der Waals surface area contributed by atoms with E-state index in [0.29, 0.717) is 5.92 Å². The van der Waals surface area contributed by atoms with Gasteiger partial charge in [0.2, 0.25) is 0 Å². The average molecular weight is 304 g/mol. The summed E-state index contributed by atoms with van der Waals surface area (Å²) in [5.41, 5.74) is 5.12. The van der Waals surface area contributed by atoms with Crippen LogP contribution in [0.4, 0.5) is 11.5 Å². The van der Waals surface area contributed by atoms with Crippen LogP contribution in [0.5, 0.6) is 0 Å². The Morgan fingerprint density at radius 3 is 2.87 bits per heavy atom. The Kier molecular flexibility index (Phi) is 4.92. The number of pyridine rings is 1. The maximum Gasteiger partial charge on any atom is 0.130 e. The van der Waals surface area contributed by atoms with Gasteiger partial charge in [-0.1, -0.05) is 43.4 Å². The molecule has 0 radical (unpaired) electrons. The number of aryl methyl sites for hydroxylation is 2. The molecule has 23 heavy (non-hydrogen) atoms. The zero-order chi connectivity index (χ0) is 16.1. The maximum absolute atomic E-state index is 4.44. The Labute approximate surface area is 139 Å². The molecule has 1 unspecified atom stereocenters. The molecule has 0 amide bonds. The summed E-state index contributed by atoms with van der Waals surface area (Å²) in [6.07, 6.45) is 10.6. The van der Waals surface area contributed by atoms with E-state index in [2.05, 4.69) is 66.3 Å². The quantitative estimate of drug-likeness (QED) is 0.757. The van der Waals surface area contributed by atoms with Gasteiger partial charge in [-0.25, -0.2) is 4.98 Å². The van der Waals surface area contributed by atoms with Crippen LogP contribution in [0, 0.1) is 5.92 Å². The zero-order valence-corrected chi connectivity index (χ0v) is 13.8. The molecule has 3 rings (SSSR count). The third kappa shape index (κ3) is 4.32. The molecule has 2 heterocycles. The van der Waals surface area contributed by atoms with Crippen molar-refractivity contribution in [3.63, 3.8) is 0 Å². The predicted octanol–water partition coefficient (Wildman–Crippen LogP) is 5.45. The van der Waals surface area contributed by atoms with Crippen molar-refractivity contribution in [3.8, 4) is 0 Å². The number of allylic oxidation sites excluding steroid dienone is 3. The van der Waals surface area contributed by atoms with Gasteiger partial charge in [0.1, 0.15) is 5.82 Å². The Bertz CT molecular complexity index is 715. The van der Waals surface area contributed by atoms with Crippen LogP contribution in [0.1, 0.15) is 30.9 Å². The first-order valence-electron chi connectivity index (χ1n) is 8.37. The second-order valence-electron chi connectivity index (χ2n) is 6.34. The van der Waals surface area contributed by atoms with Crippen molar-refractivity contribution < 1.29 is 0 Å². The SMILES string of the molecule is C=CC1=CC(C)CCc2cccc(c2)Nc2cc(ccn2)CC1. The summed E-state index contributed by atoms with van der Waals surface area (Å²) in [4.78, 5) is 4.44. The van der Waals surface area contributed by atoms with Crippen molar-refractivity contribution in [1.82, 2.24) is 4.98 Å². The van der Waals surface area contributed by atoms with Crippen molar-refractivity contribution in [2.45, 2.75) is 32.6 Å². The molecular formula is C21H24N2. The van der Waals surface area contributed by atoms with Crippen molar-refractivity contribution in [2.75, 3.05) is 5.32 Å². The molecule has 2 heteroatoms. The van der Waals surface area contributed by atoms with E-state index < -0.39 is 0 Å². The molecule has 0 saturated heterocycles. The summed E-state index contributed by atoms with van der Waals surface area (Å²) < 4.78 is 0. The van der Waals surface area contributed by atoms with Crippen molar-refractivity contribution in [2.24, 2.45) is 5.92 Å². The molecule has 0 saturated carbocycles. The highest BCUT2D eigenvalue weighted by molar-refractivity contribution is 5.57. The lowest BCUT2D eigenvalue weighted by molar-refractivity contribution is 0.642. The van der Waals surface area contributed by atoms with E-state index in [1.807, 2.05) is 12.3 Å². The van der Waals surface area contributed by atoms with Crippen molar-refractivity contribution in [1.29, 1.82) is 0 Å². The number of aromatic nitrogens is 1. The smallest absolute Gasteiger partial charge is 0.130 e. The summed E-state index contributed by atoms with van der Waals surface area (Å²) >= 11 is 0. The lowest BCUT2D eigenvalue weighted by atomic mass is 9.96. The Morgan fingerprint density at radius 2 is 2.00 bits per heavy atom. The second kappa shape index (κ2) is 7.28. The van der Waals surface area contributed by atoms with Crippen LogP contribution < -0.4 is 5.32 Å². The van der Waals surface area contributed by atoms with Crippen molar-refractivity contribution in [3.05, 3.63) is 78.0 Å². The molecule has 1 aliphatic heterocycles. The number of hydrogen-bond donors (Lipinski definition) is 1. The first-order chi connectivity index (χ1) is 11.2. The topological polar surface area (TPSA) is 24.9 Å². The zero-order valence-electron chi connectivity index (χ0n) is 13.8. The number of nitrogens with zero attached hydrogens (tertiary/aromatic N) is 1. The molecular weight excluding hydrogens is 280 g/mol. The van der Waals surface area contributed by atoms with Gasteiger partial charge >= 0.3 is 0 Å². The predicted molar refractivity (Wildman–Crippen MR) is 98.0 cm³/mol. The first-order valence-corrected chi connectivity index (χ1v) is 8.37. The molecule has 1 atom stereocenters. The molecule has 1 aliphatic rings. The van der Waals surface area contributed by atoms with Crippen molar-refractivity contribution >= 4 is 11.5 Å². The number of rotatable bonds is 1. The normalized spacial score (nSPS) is 18.3. The summed E-state index contributed by atoms with van der Waals surface area (Å²) in [5.74, 6) is 1.48. The summed E-state index contributed by atoms with van der Waals surface area (Å²) in [6.45, 7) is 6.27. The van der Waals surface area contributed by atoms with Crippen LogP contribution in [-0.4, -0.2) is 4.98 Å². The minimum Gasteiger partial charge on any atom is -0.340 e. The van der Waals surface area contributed by atoms with Crippen LogP contribution in [0.15, 0.2) is 66.9 Å².